The second kappa shape index (κ2) is 43.2. The van der Waals surface area contributed by atoms with Gasteiger partial charge in [-0.25, -0.2) is 0 Å². The first-order valence-corrected chi connectivity index (χ1v) is 16.1. The summed E-state index contributed by atoms with van der Waals surface area (Å²) in [6, 6.07) is 0. The summed E-state index contributed by atoms with van der Waals surface area (Å²) in [5.41, 5.74) is 0. The van der Waals surface area contributed by atoms with Crippen LogP contribution in [0.2, 0.25) is 0 Å². The Hall–Kier alpha value is 3.21. The molecule has 0 heterocycles. The van der Waals surface area contributed by atoms with Crippen LogP contribution in [0.4, 0.5) is 0 Å². The largest absolute Gasteiger partial charge is 3.00 e. The Balaban J connectivity index is -0.0000000150. The quantitative estimate of drug-likeness (QED) is 0.233. The van der Waals surface area contributed by atoms with Crippen molar-refractivity contribution in [3.8, 4) is 0 Å². The Kier molecular flexibility index (Phi) is 107. The molecule has 0 aliphatic rings. The van der Waals surface area contributed by atoms with Crippen molar-refractivity contribution >= 4 is 31.7 Å². The molecule has 0 saturated heterocycles. The summed E-state index contributed by atoms with van der Waals surface area (Å²) < 4.78 is 0. The van der Waals surface area contributed by atoms with Crippen molar-refractivity contribution in [1.82, 2.24) is 0 Å². The van der Waals surface area contributed by atoms with E-state index in [9.17, 15) is 0 Å². The van der Waals surface area contributed by atoms with Crippen LogP contribution in [0.3, 0.4) is 0 Å². The van der Waals surface area contributed by atoms with E-state index in [0.717, 1.165) is 0 Å². The maximum Gasteiger partial charge on any atom is 3.00 e. The van der Waals surface area contributed by atoms with Gasteiger partial charge in [0.2, 0.25) is 0 Å². The van der Waals surface area contributed by atoms with E-state index >= 15 is 0 Å². The van der Waals surface area contributed by atoms with Gasteiger partial charge in [0.05, 0.1) is 0 Å². The SMILES string of the molecule is CP(C)C.CP(C)C.CP(C)C.CP(C)C.[Cl-].[Cl-].[Cl-].[Rh+3]. The van der Waals surface area contributed by atoms with Gasteiger partial charge in [-0.2, -0.15) is 0 Å². The Labute approximate surface area is 167 Å². The predicted molar refractivity (Wildman–Crippen MR) is 98.8 cm³/mol. The third-order valence-corrected chi connectivity index (χ3v) is 0. The van der Waals surface area contributed by atoms with Gasteiger partial charge in [-0.1, -0.05) is 0 Å². The van der Waals surface area contributed by atoms with Crippen molar-refractivity contribution < 1.29 is 56.7 Å². The van der Waals surface area contributed by atoms with Crippen LogP contribution in [0, 0.1) is 0 Å². The standard InChI is InChI=1S/4C3H9P.3ClH.Rh/c4*1-4(2)3;;;;/h4*1-3H3;3*1H;/q;;;;;;;+3/p-3. The van der Waals surface area contributed by atoms with Crippen molar-refractivity contribution in [1.29, 1.82) is 0 Å². The van der Waals surface area contributed by atoms with E-state index in [4.69, 9.17) is 0 Å². The molecule has 0 unspecified atom stereocenters. The van der Waals surface area contributed by atoms with Crippen LogP contribution in [-0.2, 0) is 19.5 Å². The van der Waals surface area contributed by atoms with Crippen LogP contribution in [-0.4, -0.2) is 80.0 Å². The van der Waals surface area contributed by atoms with E-state index in [2.05, 4.69) is 80.0 Å². The number of halogens is 3. The second-order valence-corrected chi connectivity index (χ2v) is 16.1. The van der Waals surface area contributed by atoms with Gasteiger partial charge in [0.1, 0.15) is 0 Å². The van der Waals surface area contributed by atoms with Crippen molar-refractivity contribution in [2.75, 3.05) is 80.0 Å². The van der Waals surface area contributed by atoms with E-state index in [0.29, 0.717) is 31.7 Å². The molecule has 0 saturated carbocycles. The average Bonchev–Trinajstić information content (AvgIpc) is 1.76. The van der Waals surface area contributed by atoms with Crippen molar-refractivity contribution in [3.05, 3.63) is 0 Å². The summed E-state index contributed by atoms with van der Waals surface area (Å²) in [6.45, 7) is 26.8. The summed E-state index contributed by atoms with van der Waals surface area (Å²) in [5.74, 6) is 0. The van der Waals surface area contributed by atoms with Crippen LogP contribution in [0.5, 0.6) is 0 Å². The minimum atomic E-state index is 0. The summed E-state index contributed by atoms with van der Waals surface area (Å²) in [4.78, 5) is 0. The van der Waals surface area contributed by atoms with Gasteiger partial charge in [0, 0.05) is 0 Å². The zero-order chi connectivity index (χ0) is 14.3. The fourth-order valence-electron chi connectivity index (χ4n) is 0. The summed E-state index contributed by atoms with van der Waals surface area (Å²) >= 11 is 0. The molecule has 0 amide bonds. The molecule has 8 heteroatoms. The Morgan fingerprint density at radius 3 is 0.300 bits per heavy atom. The molecule has 20 heavy (non-hydrogen) atoms. The van der Waals surface area contributed by atoms with Gasteiger partial charge in [0.15, 0.2) is 0 Å². The Morgan fingerprint density at radius 2 is 0.300 bits per heavy atom. The van der Waals surface area contributed by atoms with Crippen LogP contribution in [0.15, 0.2) is 0 Å². The van der Waals surface area contributed by atoms with Crippen molar-refractivity contribution in [2.24, 2.45) is 0 Å². The minimum Gasteiger partial charge on any atom is -1.00 e. The van der Waals surface area contributed by atoms with E-state index in [1.807, 2.05) is 0 Å². The molecule has 0 aromatic heterocycles. The first-order chi connectivity index (χ1) is 6.93. The number of rotatable bonds is 0. The zero-order valence-electron chi connectivity index (χ0n) is 15.3. The molecule has 0 aromatic carbocycles. The van der Waals surface area contributed by atoms with Crippen molar-refractivity contribution in [2.45, 2.75) is 0 Å². The fraction of sp³-hybridized carbons (Fsp3) is 1.00. The molecule has 0 aliphatic carbocycles. The molecule has 0 aliphatic heterocycles. The number of hydrogen-bond donors (Lipinski definition) is 0. The topological polar surface area (TPSA) is 0 Å². The molecule has 0 atom stereocenters. The molecule has 0 spiro atoms. The minimum absolute atomic E-state index is 0. The summed E-state index contributed by atoms with van der Waals surface area (Å²) in [7, 11) is 1.52. The first-order valence-electron chi connectivity index (χ1n) is 5.37. The van der Waals surface area contributed by atoms with Gasteiger partial charge in [0.25, 0.3) is 0 Å². The molecule has 0 aromatic rings. The smallest absolute Gasteiger partial charge is 1.00 e. The predicted octanol–water partition coefficient (Wildman–Crippen LogP) is -3.56. The molecule has 0 radical (unpaired) electrons. The molecule has 0 nitrogen and oxygen atoms in total. The molecule has 0 fully saturated rings. The first kappa shape index (κ1) is 49.5. The molecule has 0 bridgehead atoms. The van der Waals surface area contributed by atoms with Gasteiger partial charge >= 0.3 is 19.5 Å². The molecule has 0 N–H and O–H groups in total. The molecular weight excluding hydrogens is 477 g/mol. The van der Waals surface area contributed by atoms with E-state index in [1.54, 1.807) is 0 Å². The van der Waals surface area contributed by atoms with Crippen molar-refractivity contribution in [3.63, 3.8) is 0 Å². The third kappa shape index (κ3) is 839. The summed E-state index contributed by atoms with van der Waals surface area (Å²) in [6.07, 6.45) is 0. The number of hydrogen-bond acceptors (Lipinski definition) is 0. The summed E-state index contributed by atoms with van der Waals surface area (Å²) in [5, 5.41) is 0. The maximum absolute atomic E-state index is 2.23. The van der Waals surface area contributed by atoms with Gasteiger partial charge in [-0.3, -0.25) is 0 Å². The average molecular weight is 514 g/mol. The Morgan fingerprint density at radius 1 is 0.300 bits per heavy atom. The Bertz CT molecular complexity index is 73.7. The van der Waals surface area contributed by atoms with Gasteiger partial charge < -0.3 is 37.2 Å². The normalized spacial score (nSPS) is 7.20. The van der Waals surface area contributed by atoms with Crippen LogP contribution in [0.1, 0.15) is 0 Å². The van der Waals surface area contributed by atoms with Crippen LogP contribution in [0.25, 0.3) is 0 Å². The van der Waals surface area contributed by atoms with Gasteiger partial charge in [-0.05, 0) is 80.0 Å². The van der Waals surface area contributed by atoms with Crippen LogP contribution < -0.4 is 37.2 Å². The maximum atomic E-state index is 2.23. The fourth-order valence-corrected chi connectivity index (χ4v) is 0. The van der Waals surface area contributed by atoms with E-state index in [-0.39, 0.29) is 56.7 Å². The van der Waals surface area contributed by atoms with E-state index in [1.165, 1.54) is 0 Å². The monoisotopic (exact) mass is 512 g/mol. The second-order valence-electron chi connectivity index (χ2n) is 5.37. The molecular formula is C12H36Cl3P4Rh. The van der Waals surface area contributed by atoms with E-state index < -0.39 is 0 Å². The molecule has 134 valence electrons. The zero-order valence-corrected chi connectivity index (χ0v) is 22.7. The van der Waals surface area contributed by atoms with Crippen LogP contribution >= 0.6 is 31.7 Å². The van der Waals surface area contributed by atoms with Gasteiger partial charge in [-0.15, -0.1) is 31.7 Å². The third-order valence-electron chi connectivity index (χ3n) is 0. The molecule has 0 rings (SSSR count).